The van der Waals surface area contributed by atoms with Crippen LogP contribution in [0.4, 0.5) is 13.2 Å². The van der Waals surface area contributed by atoms with Crippen LogP contribution in [-0.4, -0.2) is 35.3 Å². The molecule has 0 spiro atoms. The van der Waals surface area contributed by atoms with Crippen LogP contribution in [0.2, 0.25) is 0 Å². The third kappa shape index (κ3) is 5.59. The van der Waals surface area contributed by atoms with E-state index in [1.165, 1.54) is 17.1 Å². The topological polar surface area (TPSA) is 49.4 Å². The quantitative estimate of drug-likeness (QED) is 0.586. The molecule has 1 heterocycles. The van der Waals surface area contributed by atoms with Gasteiger partial charge in [0.05, 0.1) is 0 Å². The van der Waals surface area contributed by atoms with E-state index < -0.39 is 29.4 Å². The molecule has 2 atom stereocenters. The average molecular weight is 396 g/mol. The zero-order valence-corrected chi connectivity index (χ0v) is 16.6. The lowest BCUT2D eigenvalue weighted by Gasteiger charge is -2.40. The maximum atomic E-state index is 13.4. The van der Waals surface area contributed by atoms with Gasteiger partial charge in [0.25, 0.3) is 0 Å². The zero-order chi connectivity index (χ0) is 21.0. The Bertz CT molecular complexity index is 739. The van der Waals surface area contributed by atoms with Crippen LogP contribution >= 0.6 is 0 Å². The fourth-order valence-corrected chi connectivity index (χ4v) is 3.41. The number of rotatable bonds is 6. The molecule has 154 valence electrons. The second-order valence-electron chi connectivity index (χ2n) is 8.10. The summed E-state index contributed by atoms with van der Waals surface area (Å²) in [4.78, 5) is 26.9. The van der Waals surface area contributed by atoms with Crippen molar-refractivity contribution >= 4 is 17.9 Å². The molecular formula is C21H27F3N2O2. The molecule has 0 aromatic heterocycles. The van der Waals surface area contributed by atoms with Crippen LogP contribution in [-0.2, 0) is 9.59 Å². The Hall–Kier alpha value is -2.31. The number of carbonyl (C=O) groups is 2. The Morgan fingerprint density at radius 2 is 1.71 bits per heavy atom. The Balaban J connectivity index is 2.23. The minimum Gasteiger partial charge on any atom is -0.350 e. The third-order valence-corrected chi connectivity index (χ3v) is 4.60. The molecule has 0 saturated carbocycles. The van der Waals surface area contributed by atoms with Gasteiger partial charge < -0.3 is 10.2 Å². The van der Waals surface area contributed by atoms with Gasteiger partial charge in [-0.25, -0.2) is 13.2 Å². The molecule has 28 heavy (non-hydrogen) atoms. The highest BCUT2D eigenvalue weighted by Gasteiger charge is 2.36. The number of piperazine rings is 1. The number of hydrogen-bond acceptors (Lipinski definition) is 2. The van der Waals surface area contributed by atoms with Crippen LogP contribution in [0.3, 0.4) is 0 Å². The smallest absolute Gasteiger partial charge is 0.247 e. The highest BCUT2D eigenvalue weighted by Crippen LogP contribution is 2.21. The molecule has 0 radical (unpaired) electrons. The number of hydrogen-bond donors (Lipinski definition) is 1. The van der Waals surface area contributed by atoms with Gasteiger partial charge in [0.2, 0.25) is 11.8 Å². The largest absolute Gasteiger partial charge is 0.350 e. The molecule has 0 aliphatic carbocycles. The molecule has 4 nitrogen and oxygen atoms in total. The van der Waals surface area contributed by atoms with Crippen molar-refractivity contribution < 1.29 is 22.8 Å². The van der Waals surface area contributed by atoms with Crippen LogP contribution in [0.1, 0.15) is 46.1 Å². The van der Waals surface area contributed by atoms with Crippen LogP contribution < -0.4 is 5.32 Å². The summed E-state index contributed by atoms with van der Waals surface area (Å²) in [6.45, 7) is 8.38. The number of nitrogens with zero attached hydrogens (tertiary/aromatic N) is 1. The van der Waals surface area contributed by atoms with E-state index in [0.29, 0.717) is 18.9 Å². The maximum absolute atomic E-state index is 13.4. The molecule has 1 fully saturated rings. The summed E-state index contributed by atoms with van der Waals surface area (Å²) in [5, 5.41) is 2.99. The summed E-state index contributed by atoms with van der Waals surface area (Å²) in [6, 6.07) is 0.896. The Labute approximate surface area is 163 Å². The lowest BCUT2D eigenvalue weighted by atomic mass is 9.95. The molecule has 7 heteroatoms. The summed E-state index contributed by atoms with van der Waals surface area (Å²) in [5.41, 5.74) is 0.0327. The van der Waals surface area contributed by atoms with Gasteiger partial charge in [-0.15, -0.1) is 0 Å². The summed E-state index contributed by atoms with van der Waals surface area (Å²) >= 11 is 0. The van der Waals surface area contributed by atoms with Gasteiger partial charge in [-0.1, -0.05) is 27.7 Å². The van der Waals surface area contributed by atoms with Gasteiger partial charge in [0.1, 0.15) is 6.04 Å². The number of benzene rings is 1. The molecule has 2 rings (SSSR count). The van der Waals surface area contributed by atoms with Gasteiger partial charge in [-0.05, 0) is 48.4 Å². The molecule has 2 unspecified atom stereocenters. The fourth-order valence-electron chi connectivity index (χ4n) is 3.41. The average Bonchev–Trinajstić information content (AvgIpc) is 2.58. The molecule has 2 amide bonds. The van der Waals surface area contributed by atoms with Gasteiger partial charge in [0, 0.05) is 18.7 Å². The van der Waals surface area contributed by atoms with Crippen molar-refractivity contribution in [1.82, 2.24) is 10.2 Å². The standard InChI is InChI=1S/C21H27F3N2O2/c1-12(2)7-15-11-26(18(8-13(3)4)21(28)25-15)19(27)6-5-14-9-16(22)20(24)17(23)10-14/h5-6,9-10,12-13,15,18H,7-8,11H2,1-4H3,(H,25,28). The first-order valence-electron chi connectivity index (χ1n) is 9.52. The first kappa shape index (κ1) is 22.0. The maximum Gasteiger partial charge on any atom is 0.247 e. The molecular weight excluding hydrogens is 369 g/mol. The predicted molar refractivity (Wildman–Crippen MR) is 102 cm³/mol. The lowest BCUT2D eigenvalue weighted by molar-refractivity contribution is -0.142. The van der Waals surface area contributed by atoms with Crippen molar-refractivity contribution in [2.45, 2.75) is 52.6 Å². The van der Waals surface area contributed by atoms with E-state index in [-0.39, 0.29) is 23.4 Å². The normalized spacial score (nSPS) is 20.3. The predicted octanol–water partition coefficient (Wildman–Crippen LogP) is 3.90. The number of halogens is 3. The van der Waals surface area contributed by atoms with Gasteiger partial charge >= 0.3 is 0 Å². The number of carbonyl (C=O) groups excluding carboxylic acids is 2. The molecule has 1 aliphatic heterocycles. The Morgan fingerprint density at radius 3 is 2.25 bits per heavy atom. The van der Waals surface area contributed by atoms with Crippen molar-refractivity contribution in [3.05, 3.63) is 41.2 Å². The van der Waals surface area contributed by atoms with Crippen LogP contribution in [0.5, 0.6) is 0 Å². The van der Waals surface area contributed by atoms with E-state index in [1.807, 2.05) is 27.7 Å². The SMILES string of the molecule is CC(C)CC1CN(C(=O)C=Cc2cc(F)c(F)c(F)c2)C(CC(C)C)C(=O)N1. The van der Waals surface area contributed by atoms with Crippen molar-refractivity contribution in [3.8, 4) is 0 Å². The minimum absolute atomic E-state index is 0.0327. The third-order valence-electron chi connectivity index (χ3n) is 4.60. The first-order valence-corrected chi connectivity index (χ1v) is 9.52. The van der Waals surface area contributed by atoms with Crippen LogP contribution in [0.15, 0.2) is 18.2 Å². The van der Waals surface area contributed by atoms with Crippen molar-refractivity contribution in [3.63, 3.8) is 0 Å². The summed E-state index contributed by atoms with van der Waals surface area (Å²) in [7, 11) is 0. The van der Waals surface area contributed by atoms with Crippen LogP contribution in [0.25, 0.3) is 6.08 Å². The highest BCUT2D eigenvalue weighted by atomic mass is 19.2. The summed E-state index contributed by atoms with van der Waals surface area (Å²) < 4.78 is 39.8. The van der Waals surface area contributed by atoms with E-state index >= 15 is 0 Å². The summed E-state index contributed by atoms with van der Waals surface area (Å²) in [6.07, 6.45) is 3.65. The first-order chi connectivity index (χ1) is 13.1. The van der Waals surface area contributed by atoms with E-state index in [2.05, 4.69) is 5.32 Å². The molecule has 1 aromatic carbocycles. The zero-order valence-electron chi connectivity index (χ0n) is 16.6. The van der Waals surface area contributed by atoms with Crippen LogP contribution in [0, 0.1) is 29.3 Å². The van der Waals surface area contributed by atoms with Gasteiger partial charge in [-0.3, -0.25) is 9.59 Å². The van der Waals surface area contributed by atoms with Crippen molar-refractivity contribution in [2.24, 2.45) is 11.8 Å². The minimum atomic E-state index is -1.55. The Morgan fingerprint density at radius 1 is 1.14 bits per heavy atom. The van der Waals surface area contributed by atoms with E-state index in [4.69, 9.17) is 0 Å². The van der Waals surface area contributed by atoms with E-state index in [9.17, 15) is 22.8 Å². The molecule has 1 N–H and O–H groups in total. The molecule has 1 saturated heterocycles. The molecule has 1 aromatic rings. The number of amides is 2. The summed E-state index contributed by atoms with van der Waals surface area (Å²) in [5.74, 6) is -4.24. The lowest BCUT2D eigenvalue weighted by Crippen LogP contribution is -2.61. The van der Waals surface area contributed by atoms with E-state index in [0.717, 1.165) is 18.6 Å². The molecule has 0 bridgehead atoms. The second kappa shape index (κ2) is 9.26. The molecule has 1 aliphatic rings. The number of nitrogens with one attached hydrogen (secondary N) is 1. The second-order valence-corrected chi connectivity index (χ2v) is 8.10. The van der Waals surface area contributed by atoms with Crippen molar-refractivity contribution in [1.29, 1.82) is 0 Å². The monoisotopic (exact) mass is 396 g/mol. The van der Waals surface area contributed by atoms with Gasteiger partial charge in [-0.2, -0.15) is 0 Å². The highest BCUT2D eigenvalue weighted by molar-refractivity contribution is 5.96. The van der Waals surface area contributed by atoms with Crippen molar-refractivity contribution in [2.75, 3.05) is 6.54 Å². The van der Waals surface area contributed by atoms with Gasteiger partial charge in [0.15, 0.2) is 17.5 Å². The Kier molecular flexibility index (Phi) is 7.27. The van der Waals surface area contributed by atoms with E-state index in [1.54, 1.807) is 0 Å². The fraction of sp³-hybridized carbons (Fsp3) is 0.524.